The molecule has 0 spiro atoms. The molecule has 0 saturated heterocycles. The summed E-state index contributed by atoms with van der Waals surface area (Å²) in [6.45, 7) is 4.39. The van der Waals surface area contributed by atoms with Crippen molar-refractivity contribution in [3.63, 3.8) is 0 Å². The van der Waals surface area contributed by atoms with Crippen molar-refractivity contribution < 1.29 is 0 Å². The molecule has 0 aliphatic carbocycles. The molecule has 1 rings (SSSR count). The molecule has 0 amide bonds. The summed E-state index contributed by atoms with van der Waals surface area (Å²) in [6.07, 6.45) is 9.21. The minimum Gasteiger partial charge on any atom is -0.379 e. The van der Waals surface area contributed by atoms with Crippen molar-refractivity contribution >= 4 is 6.21 Å². The number of hydrogen-bond acceptors (Lipinski definition) is 2. The van der Waals surface area contributed by atoms with Gasteiger partial charge >= 0.3 is 0 Å². The molecule has 1 unspecified atom stereocenters. The van der Waals surface area contributed by atoms with Gasteiger partial charge in [0, 0.05) is 18.6 Å². The third-order valence-corrected chi connectivity index (χ3v) is 2.18. The van der Waals surface area contributed by atoms with Gasteiger partial charge in [0.15, 0.2) is 0 Å². The first-order valence-corrected chi connectivity index (χ1v) is 4.30. The largest absolute Gasteiger partial charge is 0.379 e. The zero-order valence-electron chi connectivity index (χ0n) is 7.30. The van der Waals surface area contributed by atoms with Crippen molar-refractivity contribution in [3.8, 4) is 0 Å². The second-order valence-electron chi connectivity index (χ2n) is 3.00. The van der Waals surface area contributed by atoms with Crippen LogP contribution in [-0.2, 0) is 0 Å². The molecule has 1 aliphatic heterocycles. The van der Waals surface area contributed by atoms with Gasteiger partial charge in [-0.2, -0.15) is 0 Å². The Labute approximate surface area is 68.4 Å². The van der Waals surface area contributed by atoms with Crippen LogP contribution in [-0.4, -0.2) is 11.8 Å². The Morgan fingerprint density at radius 1 is 1.45 bits per heavy atom. The molecule has 0 radical (unpaired) electrons. The number of aliphatic imine (C=N–C) groups is 1. The summed E-state index contributed by atoms with van der Waals surface area (Å²) < 4.78 is 0. The van der Waals surface area contributed by atoms with E-state index in [4.69, 9.17) is 0 Å². The van der Waals surface area contributed by atoms with Crippen molar-refractivity contribution in [2.75, 3.05) is 0 Å². The van der Waals surface area contributed by atoms with Gasteiger partial charge in [0.2, 0.25) is 0 Å². The lowest BCUT2D eigenvalue weighted by Gasteiger charge is -2.30. The zero-order chi connectivity index (χ0) is 8.16. The van der Waals surface area contributed by atoms with E-state index in [0.717, 1.165) is 12.8 Å². The molecular weight excluding hydrogens is 136 g/mol. The van der Waals surface area contributed by atoms with Gasteiger partial charge in [-0.05, 0) is 12.8 Å². The Morgan fingerprint density at radius 2 is 2.27 bits per heavy atom. The SMILES string of the molecule is CCCC1(CC)C=NC=CN1. The molecule has 0 saturated carbocycles. The lowest BCUT2D eigenvalue weighted by atomic mass is 9.92. The van der Waals surface area contributed by atoms with Crippen LogP contribution in [0.1, 0.15) is 33.1 Å². The normalized spacial score (nSPS) is 28.5. The molecule has 1 heterocycles. The highest BCUT2D eigenvalue weighted by atomic mass is 15.0. The minimum atomic E-state index is 0.142. The second kappa shape index (κ2) is 3.56. The van der Waals surface area contributed by atoms with Gasteiger partial charge in [-0.1, -0.05) is 20.3 Å². The lowest BCUT2D eigenvalue weighted by Crippen LogP contribution is -2.44. The van der Waals surface area contributed by atoms with Crippen LogP contribution in [0.15, 0.2) is 17.4 Å². The maximum atomic E-state index is 4.15. The summed E-state index contributed by atoms with van der Waals surface area (Å²) in [5.41, 5.74) is 0.142. The van der Waals surface area contributed by atoms with Crippen LogP contribution in [0.4, 0.5) is 0 Å². The summed E-state index contributed by atoms with van der Waals surface area (Å²) >= 11 is 0. The van der Waals surface area contributed by atoms with Gasteiger partial charge in [0.25, 0.3) is 0 Å². The molecule has 1 aliphatic rings. The summed E-state index contributed by atoms with van der Waals surface area (Å²) in [5, 5.41) is 3.35. The van der Waals surface area contributed by atoms with Crippen LogP contribution in [0.5, 0.6) is 0 Å². The maximum absolute atomic E-state index is 4.15. The van der Waals surface area contributed by atoms with Crippen molar-refractivity contribution in [3.05, 3.63) is 12.4 Å². The Kier molecular flexibility index (Phi) is 2.69. The molecule has 2 nitrogen and oxygen atoms in total. The first kappa shape index (κ1) is 8.31. The van der Waals surface area contributed by atoms with Crippen molar-refractivity contribution in [1.29, 1.82) is 0 Å². The fourth-order valence-electron chi connectivity index (χ4n) is 1.42. The standard InChI is InChI=1S/C9H16N2/c1-3-5-9(4-2)8-10-6-7-11-9/h6-8,11H,3-5H2,1-2H3. The summed E-state index contributed by atoms with van der Waals surface area (Å²) in [5.74, 6) is 0. The fraction of sp³-hybridized carbons (Fsp3) is 0.667. The van der Waals surface area contributed by atoms with Gasteiger partial charge in [0.05, 0.1) is 5.54 Å². The smallest absolute Gasteiger partial charge is 0.0719 e. The van der Waals surface area contributed by atoms with Crippen LogP contribution in [0, 0.1) is 0 Å². The quantitative estimate of drug-likeness (QED) is 0.658. The Morgan fingerprint density at radius 3 is 2.73 bits per heavy atom. The Balaban J connectivity index is 2.60. The van der Waals surface area contributed by atoms with Gasteiger partial charge in [-0.15, -0.1) is 0 Å². The van der Waals surface area contributed by atoms with Crippen LogP contribution in [0.3, 0.4) is 0 Å². The van der Waals surface area contributed by atoms with E-state index < -0.39 is 0 Å². The van der Waals surface area contributed by atoms with E-state index in [1.165, 1.54) is 6.42 Å². The van der Waals surface area contributed by atoms with E-state index in [-0.39, 0.29) is 5.54 Å². The molecule has 0 aromatic carbocycles. The Bertz CT molecular complexity index is 172. The molecule has 11 heavy (non-hydrogen) atoms. The van der Waals surface area contributed by atoms with Crippen LogP contribution in [0.25, 0.3) is 0 Å². The van der Waals surface area contributed by atoms with Crippen LogP contribution >= 0.6 is 0 Å². The molecular formula is C9H16N2. The molecule has 0 aromatic rings. The molecule has 1 atom stereocenters. The van der Waals surface area contributed by atoms with Crippen molar-refractivity contribution in [2.45, 2.75) is 38.6 Å². The third kappa shape index (κ3) is 1.82. The van der Waals surface area contributed by atoms with E-state index in [9.17, 15) is 0 Å². The average molecular weight is 152 g/mol. The number of hydrogen-bond donors (Lipinski definition) is 1. The van der Waals surface area contributed by atoms with Crippen molar-refractivity contribution in [2.24, 2.45) is 4.99 Å². The predicted octanol–water partition coefficient (Wildman–Crippen LogP) is 2.08. The van der Waals surface area contributed by atoms with E-state index in [1.54, 1.807) is 6.20 Å². The van der Waals surface area contributed by atoms with E-state index >= 15 is 0 Å². The monoisotopic (exact) mass is 152 g/mol. The Hall–Kier alpha value is -0.790. The highest BCUT2D eigenvalue weighted by Crippen LogP contribution is 2.16. The van der Waals surface area contributed by atoms with Gasteiger partial charge in [-0.3, -0.25) is 4.99 Å². The van der Waals surface area contributed by atoms with Crippen molar-refractivity contribution in [1.82, 2.24) is 5.32 Å². The molecule has 0 fully saturated rings. The third-order valence-electron chi connectivity index (χ3n) is 2.18. The number of nitrogens with one attached hydrogen (secondary N) is 1. The molecule has 0 bridgehead atoms. The topological polar surface area (TPSA) is 24.4 Å². The first-order chi connectivity index (χ1) is 5.33. The van der Waals surface area contributed by atoms with E-state index in [1.807, 2.05) is 12.4 Å². The molecule has 2 heteroatoms. The summed E-state index contributed by atoms with van der Waals surface area (Å²) in [7, 11) is 0. The number of nitrogens with zero attached hydrogens (tertiary/aromatic N) is 1. The van der Waals surface area contributed by atoms with E-state index in [2.05, 4.69) is 24.2 Å². The maximum Gasteiger partial charge on any atom is 0.0719 e. The zero-order valence-corrected chi connectivity index (χ0v) is 7.30. The van der Waals surface area contributed by atoms with Crippen LogP contribution in [0.2, 0.25) is 0 Å². The number of rotatable bonds is 3. The highest BCUT2D eigenvalue weighted by molar-refractivity contribution is 5.72. The van der Waals surface area contributed by atoms with Gasteiger partial charge in [0.1, 0.15) is 0 Å². The molecule has 1 N–H and O–H groups in total. The summed E-state index contributed by atoms with van der Waals surface area (Å²) in [4.78, 5) is 4.15. The highest BCUT2D eigenvalue weighted by Gasteiger charge is 2.23. The molecule has 0 aromatic heterocycles. The lowest BCUT2D eigenvalue weighted by molar-refractivity contribution is 0.438. The molecule has 62 valence electrons. The van der Waals surface area contributed by atoms with Gasteiger partial charge < -0.3 is 5.32 Å². The van der Waals surface area contributed by atoms with Crippen LogP contribution < -0.4 is 5.32 Å². The second-order valence-corrected chi connectivity index (χ2v) is 3.00. The minimum absolute atomic E-state index is 0.142. The fourth-order valence-corrected chi connectivity index (χ4v) is 1.42. The first-order valence-electron chi connectivity index (χ1n) is 4.30. The van der Waals surface area contributed by atoms with Gasteiger partial charge in [-0.25, -0.2) is 0 Å². The average Bonchev–Trinajstić information content (AvgIpc) is 2.07. The summed E-state index contributed by atoms with van der Waals surface area (Å²) in [6, 6.07) is 0. The van der Waals surface area contributed by atoms with E-state index in [0.29, 0.717) is 0 Å². The predicted molar refractivity (Wildman–Crippen MR) is 48.7 cm³/mol.